The molecule has 0 spiro atoms. The number of carbonyl (C=O) groups excluding carboxylic acids is 3. The van der Waals surface area contributed by atoms with E-state index in [2.05, 4.69) is 16.0 Å². The molecule has 26 heavy (non-hydrogen) atoms. The van der Waals surface area contributed by atoms with Crippen LogP contribution in [0.25, 0.3) is 0 Å². The summed E-state index contributed by atoms with van der Waals surface area (Å²) in [5.74, 6) is -1.77. The molecule has 2 fully saturated rings. The summed E-state index contributed by atoms with van der Waals surface area (Å²) in [4.78, 5) is 46.7. The summed E-state index contributed by atoms with van der Waals surface area (Å²) >= 11 is 0. The van der Waals surface area contributed by atoms with Gasteiger partial charge in [0.25, 0.3) is 11.8 Å². The van der Waals surface area contributed by atoms with Crippen molar-refractivity contribution in [2.24, 2.45) is 5.92 Å². The average Bonchev–Trinajstić information content (AvgIpc) is 2.88. The standard InChI is InChI=1S/C18H21N3O5/c1-18(16(25)20-17(26)21-18)12-6-2-10(3-7-12)14(22)19-13-8-4-11(5-9-13)15(23)24/h2-3,6-7,11,13H,4-5,8-9H2,1H3,(H,19,22)(H,23,24)(H2,20,21,25,26)/t11?,13?,18-/m1/s1. The number of aliphatic carboxylic acids is 1. The number of imide groups is 1. The summed E-state index contributed by atoms with van der Waals surface area (Å²) < 4.78 is 0. The summed E-state index contributed by atoms with van der Waals surface area (Å²) in [7, 11) is 0. The summed E-state index contributed by atoms with van der Waals surface area (Å²) in [6.07, 6.45) is 2.41. The fraction of sp³-hybridized carbons (Fsp3) is 0.444. The first-order valence-corrected chi connectivity index (χ1v) is 8.57. The van der Waals surface area contributed by atoms with Crippen molar-refractivity contribution in [3.8, 4) is 0 Å². The Bertz CT molecular complexity index is 753. The van der Waals surface area contributed by atoms with Crippen LogP contribution in [0, 0.1) is 5.92 Å². The van der Waals surface area contributed by atoms with Crippen molar-refractivity contribution in [2.45, 2.75) is 44.2 Å². The highest BCUT2D eigenvalue weighted by molar-refractivity contribution is 6.07. The van der Waals surface area contributed by atoms with E-state index in [9.17, 15) is 19.2 Å². The molecule has 1 saturated carbocycles. The highest BCUT2D eigenvalue weighted by atomic mass is 16.4. The Labute approximate surface area is 150 Å². The van der Waals surface area contributed by atoms with E-state index in [1.165, 1.54) is 0 Å². The fourth-order valence-corrected chi connectivity index (χ4v) is 3.45. The van der Waals surface area contributed by atoms with Crippen LogP contribution in [0.5, 0.6) is 0 Å². The number of urea groups is 1. The number of carbonyl (C=O) groups is 4. The van der Waals surface area contributed by atoms with Gasteiger partial charge in [0.15, 0.2) is 0 Å². The molecule has 0 bridgehead atoms. The van der Waals surface area contributed by atoms with E-state index in [-0.39, 0.29) is 17.9 Å². The Morgan fingerprint density at radius 3 is 2.23 bits per heavy atom. The lowest BCUT2D eigenvalue weighted by Crippen LogP contribution is -2.40. The molecule has 1 saturated heterocycles. The number of carboxylic acid groups (broad SMARTS) is 1. The van der Waals surface area contributed by atoms with Gasteiger partial charge in [-0.15, -0.1) is 0 Å². The molecule has 0 radical (unpaired) electrons. The monoisotopic (exact) mass is 359 g/mol. The minimum atomic E-state index is -1.15. The second-order valence-electron chi connectivity index (χ2n) is 6.97. The van der Waals surface area contributed by atoms with Gasteiger partial charge in [-0.25, -0.2) is 4.79 Å². The zero-order chi connectivity index (χ0) is 18.9. The first kappa shape index (κ1) is 17.9. The molecule has 1 aliphatic carbocycles. The summed E-state index contributed by atoms with van der Waals surface area (Å²) in [6, 6.07) is 5.92. The first-order chi connectivity index (χ1) is 12.3. The highest BCUT2D eigenvalue weighted by Crippen LogP contribution is 2.26. The van der Waals surface area contributed by atoms with Gasteiger partial charge in [0.2, 0.25) is 0 Å². The van der Waals surface area contributed by atoms with Crippen molar-refractivity contribution in [1.82, 2.24) is 16.0 Å². The normalized spacial score (nSPS) is 28.2. The highest BCUT2D eigenvalue weighted by Gasteiger charge is 2.43. The average molecular weight is 359 g/mol. The van der Waals surface area contributed by atoms with Crippen molar-refractivity contribution >= 4 is 23.8 Å². The number of benzene rings is 1. The zero-order valence-corrected chi connectivity index (χ0v) is 14.4. The maximum Gasteiger partial charge on any atom is 0.322 e. The molecule has 3 rings (SSSR count). The van der Waals surface area contributed by atoms with Crippen LogP contribution in [0.3, 0.4) is 0 Å². The molecular formula is C18H21N3O5. The van der Waals surface area contributed by atoms with Gasteiger partial charge in [-0.05, 0) is 50.3 Å². The van der Waals surface area contributed by atoms with Gasteiger partial charge >= 0.3 is 12.0 Å². The number of hydrogen-bond acceptors (Lipinski definition) is 4. The van der Waals surface area contributed by atoms with Crippen molar-refractivity contribution in [1.29, 1.82) is 0 Å². The van der Waals surface area contributed by atoms with Gasteiger partial charge in [0, 0.05) is 11.6 Å². The predicted octanol–water partition coefficient (Wildman–Crippen LogP) is 1.11. The molecule has 8 heteroatoms. The second kappa shape index (κ2) is 6.78. The smallest absolute Gasteiger partial charge is 0.322 e. The van der Waals surface area contributed by atoms with Crippen molar-refractivity contribution < 1.29 is 24.3 Å². The zero-order valence-electron chi connectivity index (χ0n) is 14.4. The Balaban J connectivity index is 1.62. The molecule has 0 unspecified atom stereocenters. The number of carboxylic acids is 1. The number of nitrogens with one attached hydrogen (secondary N) is 3. The van der Waals surface area contributed by atoms with Gasteiger partial charge < -0.3 is 15.7 Å². The third kappa shape index (κ3) is 3.40. The van der Waals surface area contributed by atoms with E-state index in [4.69, 9.17) is 5.11 Å². The number of rotatable bonds is 4. The van der Waals surface area contributed by atoms with Crippen LogP contribution in [0.15, 0.2) is 24.3 Å². The van der Waals surface area contributed by atoms with Gasteiger partial charge in [0.05, 0.1) is 5.92 Å². The van der Waals surface area contributed by atoms with Crippen LogP contribution < -0.4 is 16.0 Å². The van der Waals surface area contributed by atoms with E-state index >= 15 is 0 Å². The minimum Gasteiger partial charge on any atom is -0.481 e. The van der Waals surface area contributed by atoms with Crippen LogP contribution in [0.2, 0.25) is 0 Å². The number of amides is 4. The molecule has 138 valence electrons. The predicted molar refractivity (Wildman–Crippen MR) is 91.3 cm³/mol. The molecule has 1 aromatic carbocycles. The molecule has 8 nitrogen and oxygen atoms in total. The van der Waals surface area contributed by atoms with E-state index in [1.54, 1.807) is 31.2 Å². The molecule has 0 aromatic heterocycles. The second-order valence-corrected chi connectivity index (χ2v) is 6.97. The summed E-state index contributed by atoms with van der Waals surface area (Å²) in [6.45, 7) is 1.60. The van der Waals surface area contributed by atoms with E-state index in [1.807, 2.05) is 0 Å². The van der Waals surface area contributed by atoms with Crippen LogP contribution in [0.1, 0.15) is 48.5 Å². The van der Waals surface area contributed by atoms with Gasteiger partial charge in [-0.2, -0.15) is 0 Å². The Kier molecular flexibility index (Phi) is 4.67. The van der Waals surface area contributed by atoms with E-state index < -0.39 is 23.4 Å². The van der Waals surface area contributed by atoms with Crippen molar-refractivity contribution in [3.05, 3.63) is 35.4 Å². The third-order valence-electron chi connectivity index (χ3n) is 5.18. The molecule has 1 aliphatic heterocycles. The van der Waals surface area contributed by atoms with E-state index in [0.717, 1.165) is 0 Å². The first-order valence-electron chi connectivity index (χ1n) is 8.57. The van der Waals surface area contributed by atoms with Crippen LogP contribution in [-0.2, 0) is 15.1 Å². The molecule has 1 atom stereocenters. The largest absolute Gasteiger partial charge is 0.481 e. The van der Waals surface area contributed by atoms with Gasteiger partial charge in [-0.1, -0.05) is 12.1 Å². The maximum atomic E-state index is 12.4. The lowest BCUT2D eigenvalue weighted by Gasteiger charge is -2.27. The quantitative estimate of drug-likeness (QED) is 0.600. The fourth-order valence-electron chi connectivity index (χ4n) is 3.45. The molecule has 1 aromatic rings. The molecule has 4 N–H and O–H groups in total. The Hall–Kier alpha value is -2.90. The van der Waals surface area contributed by atoms with Crippen LogP contribution >= 0.6 is 0 Å². The lowest BCUT2D eigenvalue weighted by molar-refractivity contribution is -0.142. The maximum absolute atomic E-state index is 12.4. The van der Waals surface area contributed by atoms with E-state index in [0.29, 0.717) is 36.8 Å². The SMILES string of the molecule is C[C@]1(c2ccc(C(=O)NC3CCC(C(=O)O)CC3)cc2)NC(=O)NC1=O. The van der Waals surface area contributed by atoms with Crippen LogP contribution in [-0.4, -0.2) is 35.0 Å². The summed E-state index contributed by atoms with van der Waals surface area (Å²) in [5, 5.41) is 16.7. The van der Waals surface area contributed by atoms with Crippen LogP contribution in [0.4, 0.5) is 4.79 Å². The van der Waals surface area contributed by atoms with Gasteiger partial charge in [0.1, 0.15) is 5.54 Å². The van der Waals surface area contributed by atoms with Gasteiger partial charge in [-0.3, -0.25) is 19.7 Å². The Morgan fingerprint density at radius 2 is 1.73 bits per heavy atom. The molecule has 1 heterocycles. The molecule has 4 amide bonds. The molecular weight excluding hydrogens is 338 g/mol. The minimum absolute atomic E-state index is 0.0322. The van der Waals surface area contributed by atoms with Crippen molar-refractivity contribution in [3.63, 3.8) is 0 Å². The number of hydrogen-bond donors (Lipinski definition) is 4. The Morgan fingerprint density at radius 1 is 1.12 bits per heavy atom. The van der Waals surface area contributed by atoms with Crippen molar-refractivity contribution in [2.75, 3.05) is 0 Å². The lowest BCUT2D eigenvalue weighted by atomic mass is 9.86. The topological polar surface area (TPSA) is 125 Å². The third-order valence-corrected chi connectivity index (χ3v) is 5.18. The summed E-state index contributed by atoms with van der Waals surface area (Å²) in [5.41, 5.74) is -0.122. The molecule has 2 aliphatic rings.